The van der Waals surface area contributed by atoms with E-state index in [4.69, 9.17) is 9.47 Å². The van der Waals surface area contributed by atoms with Gasteiger partial charge in [-0.25, -0.2) is 4.79 Å². The molecule has 6 nitrogen and oxygen atoms in total. The number of hydrogen-bond donors (Lipinski definition) is 2. The highest BCUT2D eigenvalue weighted by atomic mass is 16.5. The molecular formula is C17H26N2O4. The standard InChI is InChI=1S/C17H26N2O4/c1-4-13(2)15(16(20)18-10-11-22-3)19-17(21)23-12-14-8-6-5-7-9-14/h5-9,13,15H,4,10-12H2,1-3H3,(H,18,20)(H,19,21)/t13-,15-/m0/s1. The molecule has 0 fully saturated rings. The van der Waals surface area contributed by atoms with Crippen LogP contribution in [0.25, 0.3) is 0 Å². The van der Waals surface area contributed by atoms with Crippen molar-refractivity contribution in [1.29, 1.82) is 0 Å². The Hall–Kier alpha value is -2.08. The van der Waals surface area contributed by atoms with Crippen molar-refractivity contribution in [3.05, 3.63) is 35.9 Å². The number of carbonyl (C=O) groups excluding carboxylic acids is 2. The lowest BCUT2D eigenvalue weighted by Crippen LogP contribution is -2.50. The van der Waals surface area contributed by atoms with E-state index >= 15 is 0 Å². The zero-order chi connectivity index (χ0) is 17.1. The van der Waals surface area contributed by atoms with E-state index in [9.17, 15) is 9.59 Å². The highest BCUT2D eigenvalue weighted by Crippen LogP contribution is 2.09. The molecule has 0 aliphatic rings. The van der Waals surface area contributed by atoms with Gasteiger partial charge in [0.25, 0.3) is 0 Å². The Morgan fingerprint density at radius 3 is 2.52 bits per heavy atom. The van der Waals surface area contributed by atoms with Crippen LogP contribution in [-0.2, 0) is 20.9 Å². The number of nitrogens with one attached hydrogen (secondary N) is 2. The molecule has 0 bridgehead atoms. The fourth-order valence-electron chi connectivity index (χ4n) is 1.98. The van der Waals surface area contributed by atoms with Crippen LogP contribution in [0.4, 0.5) is 4.79 Å². The van der Waals surface area contributed by atoms with Crippen molar-refractivity contribution in [1.82, 2.24) is 10.6 Å². The summed E-state index contributed by atoms with van der Waals surface area (Å²) in [7, 11) is 1.57. The van der Waals surface area contributed by atoms with Crippen molar-refractivity contribution < 1.29 is 19.1 Å². The molecule has 1 aromatic carbocycles. The molecule has 0 spiro atoms. The van der Waals surface area contributed by atoms with Crippen molar-refractivity contribution in [2.24, 2.45) is 5.92 Å². The maximum absolute atomic E-state index is 12.2. The Morgan fingerprint density at radius 1 is 1.22 bits per heavy atom. The van der Waals surface area contributed by atoms with Gasteiger partial charge in [0.05, 0.1) is 6.61 Å². The Bertz CT molecular complexity index is 479. The van der Waals surface area contributed by atoms with Gasteiger partial charge in [0, 0.05) is 13.7 Å². The molecule has 1 rings (SSSR count). The third-order valence-electron chi connectivity index (χ3n) is 3.59. The number of amides is 2. The van der Waals surface area contributed by atoms with E-state index in [-0.39, 0.29) is 18.4 Å². The van der Waals surface area contributed by atoms with Gasteiger partial charge in [-0.2, -0.15) is 0 Å². The van der Waals surface area contributed by atoms with Crippen LogP contribution >= 0.6 is 0 Å². The van der Waals surface area contributed by atoms with Crippen LogP contribution in [0.2, 0.25) is 0 Å². The van der Waals surface area contributed by atoms with Crippen molar-refractivity contribution in [2.75, 3.05) is 20.3 Å². The molecule has 0 heterocycles. The molecule has 0 aliphatic carbocycles. The molecule has 2 N–H and O–H groups in total. The van der Waals surface area contributed by atoms with E-state index in [1.807, 2.05) is 44.2 Å². The molecule has 6 heteroatoms. The van der Waals surface area contributed by atoms with Crippen LogP contribution in [0, 0.1) is 5.92 Å². The molecule has 0 aromatic heterocycles. The van der Waals surface area contributed by atoms with Gasteiger partial charge in [-0.15, -0.1) is 0 Å². The summed E-state index contributed by atoms with van der Waals surface area (Å²) in [5.41, 5.74) is 0.896. The summed E-state index contributed by atoms with van der Waals surface area (Å²) in [6.45, 7) is 4.89. The summed E-state index contributed by atoms with van der Waals surface area (Å²) < 4.78 is 10.1. The number of carbonyl (C=O) groups is 2. The van der Waals surface area contributed by atoms with E-state index in [0.29, 0.717) is 13.2 Å². The predicted molar refractivity (Wildman–Crippen MR) is 87.9 cm³/mol. The first kappa shape index (κ1) is 19.0. The SMILES string of the molecule is CC[C@H](C)[C@H](NC(=O)OCc1ccccc1)C(=O)NCCOC. The van der Waals surface area contributed by atoms with Gasteiger partial charge in [0.15, 0.2) is 0 Å². The maximum Gasteiger partial charge on any atom is 0.408 e. The van der Waals surface area contributed by atoms with E-state index in [1.165, 1.54) is 0 Å². The Morgan fingerprint density at radius 2 is 1.91 bits per heavy atom. The van der Waals surface area contributed by atoms with Gasteiger partial charge in [-0.1, -0.05) is 50.6 Å². The monoisotopic (exact) mass is 322 g/mol. The Labute approximate surface area is 137 Å². The van der Waals surface area contributed by atoms with Gasteiger partial charge in [0.1, 0.15) is 12.6 Å². The molecule has 1 aromatic rings. The lowest BCUT2D eigenvalue weighted by atomic mass is 9.98. The lowest BCUT2D eigenvalue weighted by Gasteiger charge is -2.23. The van der Waals surface area contributed by atoms with Crippen LogP contribution in [0.1, 0.15) is 25.8 Å². The third-order valence-corrected chi connectivity index (χ3v) is 3.59. The molecular weight excluding hydrogens is 296 g/mol. The zero-order valence-corrected chi connectivity index (χ0v) is 14.0. The summed E-state index contributed by atoms with van der Waals surface area (Å²) in [5, 5.41) is 5.39. The Balaban J connectivity index is 2.51. The second kappa shape index (κ2) is 10.6. The summed E-state index contributed by atoms with van der Waals surface area (Å²) in [5.74, 6) is -0.227. The average molecular weight is 322 g/mol. The topological polar surface area (TPSA) is 76.7 Å². The molecule has 0 radical (unpaired) electrons. The minimum absolute atomic E-state index is 0.00169. The highest BCUT2D eigenvalue weighted by Gasteiger charge is 2.26. The smallest absolute Gasteiger partial charge is 0.408 e. The van der Waals surface area contributed by atoms with Gasteiger partial charge >= 0.3 is 6.09 Å². The van der Waals surface area contributed by atoms with Crippen LogP contribution in [0.5, 0.6) is 0 Å². The Kier molecular flexibility index (Phi) is 8.75. The molecule has 0 unspecified atom stereocenters. The number of rotatable bonds is 9. The summed E-state index contributed by atoms with van der Waals surface area (Å²) in [6, 6.07) is 8.77. The quantitative estimate of drug-likeness (QED) is 0.683. The molecule has 2 amide bonds. The summed E-state index contributed by atoms with van der Waals surface area (Å²) >= 11 is 0. The van der Waals surface area contributed by atoms with Crippen LogP contribution < -0.4 is 10.6 Å². The normalized spacial score (nSPS) is 13.0. The minimum atomic E-state index is -0.625. The lowest BCUT2D eigenvalue weighted by molar-refractivity contribution is -0.124. The predicted octanol–water partition coefficient (Wildman–Crippen LogP) is 2.09. The molecule has 128 valence electrons. The van der Waals surface area contributed by atoms with Crippen molar-refractivity contribution >= 4 is 12.0 Å². The maximum atomic E-state index is 12.2. The highest BCUT2D eigenvalue weighted by molar-refractivity contribution is 5.85. The summed E-state index contributed by atoms with van der Waals surface area (Å²) in [6.07, 6.45) is 0.169. The number of methoxy groups -OCH3 is 1. The van der Waals surface area contributed by atoms with E-state index in [1.54, 1.807) is 7.11 Å². The largest absolute Gasteiger partial charge is 0.445 e. The zero-order valence-electron chi connectivity index (χ0n) is 14.0. The number of benzene rings is 1. The number of hydrogen-bond acceptors (Lipinski definition) is 4. The number of ether oxygens (including phenoxy) is 2. The first-order valence-corrected chi connectivity index (χ1v) is 7.82. The fourth-order valence-corrected chi connectivity index (χ4v) is 1.98. The second-order valence-corrected chi connectivity index (χ2v) is 5.35. The first-order chi connectivity index (χ1) is 11.1. The fraction of sp³-hybridized carbons (Fsp3) is 0.529. The molecule has 0 aliphatic heterocycles. The molecule has 2 atom stereocenters. The average Bonchev–Trinajstić information content (AvgIpc) is 2.58. The third kappa shape index (κ3) is 7.15. The van der Waals surface area contributed by atoms with Crippen molar-refractivity contribution in [3.8, 4) is 0 Å². The molecule has 23 heavy (non-hydrogen) atoms. The van der Waals surface area contributed by atoms with Crippen molar-refractivity contribution in [2.45, 2.75) is 32.9 Å². The van der Waals surface area contributed by atoms with E-state index < -0.39 is 12.1 Å². The van der Waals surface area contributed by atoms with Crippen LogP contribution in [-0.4, -0.2) is 38.3 Å². The van der Waals surface area contributed by atoms with Gasteiger partial charge in [-0.05, 0) is 11.5 Å². The van der Waals surface area contributed by atoms with E-state index in [0.717, 1.165) is 12.0 Å². The first-order valence-electron chi connectivity index (χ1n) is 7.82. The number of alkyl carbamates (subject to hydrolysis) is 1. The van der Waals surface area contributed by atoms with Gasteiger partial charge < -0.3 is 20.1 Å². The van der Waals surface area contributed by atoms with Crippen LogP contribution in [0.3, 0.4) is 0 Å². The van der Waals surface area contributed by atoms with Gasteiger partial charge in [0.2, 0.25) is 5.91 Å². The van der Waals surface area contributed by atoms with Gasteiger partial charge in [-0.3, -0.25) is 4.79 Å². The molecule has 0 saturated heterocycles. The van der Waals surface area contributed by atoms with Crippen molar-refractivity contribution in [3.63, 3.8) is 0 Å². The summed E-state index contributed by atoms with van der Waals surface area (Å²) in [4.78, 5) is 24.1. The van der Waals surface area contributed by atoms with E-state index in [2.05, 4.69) is 10.6 Å². The second-order valence-electron chi connectivity index (χ2n) is 5.35. The minimum Gasteiger partial charge on any atom is -0.445 e. The molecule has 0 saturated carbocycles. The van der Waals surface area contributed by atoms with Crippen LogP contribution in [0.15, 0.2) is 30.3 Å².